The maximum atomic E-state index is 12.7. The number of fused-ring (bicyclic) bond motifs is 1. The third kappa shape index (κ3) is 3.12. The van der Waals surface area contributed by atoms with Crippen LogP contribution in [-0.4, -0.2) is 29.8 Å². The first-order chi connectivity index (χ1) is 12.6. The van der Waals surface area contributed by atoms with Gasteiger partial charge in [-0.3, -0.25) is 4.79 Å². The number of phenolic OH excluding ortho intramolecular Hbond substituents is 1. The number of aromatic amines is 1. The quantitative estimate of drug-likeness (QED) is 0.749. The van der Waals surface area contributed by atoms with Crippen LogP contribution < -0.4 is 15.1 Å². The summed E-state index contributed by atoms with van der Waals surface area (Å²) in [5.41, 5.74) is 3.24. The summed E-state index contributed by atoms with van der Waals surface area (Å²) in [4.78, 5) is 18.3. The molecule has 1 aromatic heterocycles. The van der Waals surface area contributed by atoms with E-state index >= 15 is 0 Å². The van der Waals surface area contributed by atoms with Crippen LogP contribution in [0.15, 0.2) is 47.3 Å². The second-order valence-electron chi connectivity index (χ2n) is 6.62. The molecule has 1 aliphatic rings. The van der Waals surface area contributed by atoms with Gasteiger partial charge in [0.05, 0.1) is 6.61 Å². The molecule has 0 aliphatic carbocycles. The van der Waals surface area contributed by atoms with Gasteiger partial charge in [-0.2, -0.15) is 0 Å². The molecule has 2 aromatic carbocycles. The minimum atomic E-state index is -0.0314. The number of phenols is 1. The number of benzene rings is 2. The lowest BCUT2D eigenvalue weighted by atomic mass is 10.1. The monoisotopic (exact) mass is 350 g/mol. The molecule has 4 rings (SSSR count). The molecular formula is C21H22N2O3. The lowest BCUT2D eigenvalue weighted by Crippen LogP contribution is -2.17. The van der Waals surface area contributed by atoms with E-state index in [2.05, 4.69) is 16.0 Å². The van der Waals surface area contributed by atoms with Crippen LogP contribution in [-0.2, 0) is 0 Å². The van der Waals surface area contributed by atoms with Crippen molar-refractivity contribution in [3.05, 3.63) is 52.7 Å². The van der Waals surface area contributed by atoms with Crippen LogP contribution in [0.1, 0.15) is 19.8 Å². The SMILES string of the molecule is CCOc1cc(O)cc(-c2cc(=O)c3cc(N4CCCC4)ccc3[nH]2)c1. The highest BCUT2D eigenvalue weighted by Crippen LogP contribution is 2.29. The maximum Gasteiger partial charge on any atom is 0.190 e. The summed E-state index contributed by atoms with van der Waals surface area (Å²) in [6, 6.07) is 12.6. The third-order valence-corrected chi connectivity index (χ3v) is 4.80. The molecule has 1 fully saturated rings. The molecule has 1 saturated heterocycles. The molecule has 2 N–H and O–H groups in total. The number of nitrogens with zero attached hydrogens (tertiary/aromatic N) is 1. The summed E-state index contributed by atoms with van der Waals surface area (Å²) in [6.07, 6.45) is 2.40. The zero-order valence-electron chi connectivity index (χ0n) is 14.8. The van der Waals surface area contributed by atoms with Crippen molar-refractivity contribution in [2.75, 3.05) is 24.6 Å². The lowest BCUT2D eigenvalue weighted by molar-refractivity contribution is 0.338. The molecule has 2 heterocycles. The Morgan fingerprint density at radius 2 is 1.92 bits per heavy atom. The van der Waals surface area contributed by atoms with E-state index in [1.54, 1.807) is 18.2 Å². The summed E-state index contributed by atoms with van der Waals surface area (Å²) in [5.74, 6) is 0.684. The molecule has 0 bridgehead atoms. The number of rotatable bonds is 4. The molecule has 3 aromatic rings. The van der Waals surface area contributed by atoms with Crippen molar-refractivity contribution in [1.82, 2.24) is 4.98 Å². The second-order valence-corrected chi connectivity index (χ2v) is 6.62. The molecule has 1 aliphatic heterocycles. The molecular weight excluding hydrogens is 328 g/mol. The molecule has 5 nitrogen and oxygen atoms in total. The fraction of sp³-hybridized carbons (Fsp3) is 0.286. The first-order valence-electron chi connectivity index (χ1n) is 9.03. The van der Waals surface area contributed by atoms with E-state index in [0.29, 0.717) is 23.4 Å². The minimum Gasteiger partial charge on any atom is -0.508 e. The van der Waals surface area contributed by atoms with E-state index in [1.165, 1.54) is 12.8 Å². The van der Waals surface area contributed by atoms with Crippen molar-refractivity contribution in [2.45, 2.75) is 19.8 Å². The fourth-order valence-corrected chi connectivity index (χ4v) is 3.55. The number of ether oxygens (including phenoxy) is 1. The lowest BCUT2D eigenvalue weighted by Gasteiger charge is -2.18. The van der Waals surface area contributed by atoms with Crippen LogP contribution in [0.2, 0.25) is 0 Å². The minimum absolute atomic E-state index is 0.0314. The van der Waals surface area contributed by atoms with E-state index in [4.69, 9.17) is 4.74 Å². The van der Waals surface area contributed by atoms with Gasteiger partial charge in [0.1, 0.15) is 11.5 Å². The van der Waals surface area contributed by atoms with Gasteiger partial charge in [0.2, 0.25) is 0 Å². The topological polar surface area (TPSA) is 65.6 Å². The zero-order valence-corrected chi connectivity index (χ0v) is 14.8. The van der Waals surface area contributed by atoms with Crippen molar-refractivity contribution >= 4 is 16.6 Å². The highest BCUT2D eigenvalue weighted by Gasteiger charge is 2.14. The Kier molecular flexibility index (Phi) is 4.29. The van der Waals surface area contributed by atoms with Crippen LogP contribution in [0.25, 0.3) is 22.2 Å². The summed E-state index contributed by atoms with van der Waals surface area (Å²) >= 11 is 0. The summed E-state index contributed by atoms with van der Waals surface area (Å²) in [5, 5.41) is 10.6. The summed E-state index contributed by atoms with van der Waals surface area (Å²) in [7, 11) is 0. The maximum absolute atomic E-state index is 12.7. The van der Waals surface area contributed by atoms with Crippen LogP contribution in [0.3, 0.4) is 0 Å². The number of H-pyrrole nitrogens is 1. The van der Waals surface area contributed by atoms with Crippen LogP contribution in [0, 0.1) is 0 Å². The molecule has 0 spiro atoms. The molecule has 0 unspecified atom stereocenters. The number of hydrogen-bond acceptors (Lipinski definition) is 4. The van der Waals surface area contributed by atoms with Gasteiger partial charge in [0.15, 0.2) is 5.43 Å². The average molecular weight is 350 g/mol. The summed E-state index contributed by atoms with van der Waals surface area (Å²) < 4.78 is 5.48. The Morgan fingerprint density at radius 1 is 1.12 bits per heavy atom. The number of anilines is 1. The first-order valence-corrected chi connectivity index (χ1v) is 9.03. The van der Waals surface area contributed by atoms with E-state index in [1.807, 2.05) is 25.1 Å². The molecule has 0 amide bonds. The highest BCUT2D eigenvalue weighted by molar-refractivity contribution is 5.85. The van der Waals surface area contributed by atoms with Gasteiger partial charge in [-0.1, -0.05) is 0 Å². The van der Waals surface area contributed by atoms with Gasteiger partial charge in [-0.05, 0) is 50.1 Å². The smallest absolute Gasteiger partial charge is 0.190 e. The molecule has 26 heavy (non-hydrogen) atoms. The Hall–Kier alpha value is -2.95. The van der Waals surface area contributed by atoms with Crippen LogP contribution >= 0.6 is 0 Å². The highest BCUT2D eigenvalue weighted by atomic mass is 16.5. The summed E-state index contributed by atoms with van der Waals surface area (Å²) in [6.45, 7) is 4.49. The van der Waals surface area contributed by atoms with Crippen LogP contribution in [0.4, 0.5) is 5.69 Å². The Labute approximate surface area is 151 Å². The van der Waals surface area contributed by atoms with E-state index < -0.39 is 0 Å². The van der Waals surface area contributed by atoms with Crippen molar-refractivity contribution < 1.29 is 9.84 Å². The number of hydrogen-bond donors (Lipinski definition) is 2. The largest absolute Gasteiger partial charge is 0.508 e. The van der Waals surface area contributed by atoms with Crippen molar-refractivity contribution in [3.63, 3.8) is 0 Å². The number of aromatic hydroxyl groups is 1. The Balaban J connectivity index is 1.78. The van der Waals surface area contributed by atoms with Gasteiger partial charge in [0.25, 0.3) is 0 Å². The van der Waals surface area contributed by atoms with Crippen LogP contribution in [0.5, 0.6) is 11.5 Å². The standard InChI is InChI=1S/C21H22N2O3/c1-2-26-17-10-14(9-16(24)12-17)20-13-21(25)18-11-15(5-6-19(18)22-20)23-7-3-4-8-23/h5-6,9-13,24H,2-4,7-8H2,1H3,(H,22,25). The first kappa shape index (κ1) is 16.5. The predicted octanol–water partition coefficient (Wildman–Crippen LogP) is 3.90. The number of nitrogens with one attached hydrogen (secondary N) is 1. The zero-order chi connectivity index (χ0) is 18.1. The van der Waals surface area contributed by atoms with E-state index in [0.717, 1.165) is 29.9 Å². The van der Waals surface area contributed by atoms with E-state index in [9.17, 15) is 9.90 Å². The van der Waals surface area contributed by atoms with Gasteiger partial charge >= 0.3 is 0 Å². The van der Waals surface area contributed by atoms with Crippen molar-refractivity contribution in [3.8, 4) is 22.8 Å². The van der Waals surface area contributed by atoms with Crippen molar-refractivity contribution in [2.24, 2.45) is 0 Å². The third-order valence-electron chi connectivity index (χ3n) is 4.80. The molecule has 0 saturated carbocycles. The average Bonchev–Trinajstić information content (AvgIpc) is 3.16. The normalized spacial score (nSPS) is 14.1. The van der Waals surface area contributed by atoms with Gasteiger partial charge in [-0.15, -0.1) is 0 Å². The molecule has 0 atom stereocenters. The molecule has 134 valence electrons. The Morgan fingerprint density at radius 3 is 2.69 bits per heavy atom. The molecule has 5 heteroatoms. The van der Waals surface area contributed by atoms with E-state index in [-0.39, 0.29) is 11.2 Å². The van der Waals surface area contributed by atoms with Gasteiger partial charge < -0.3 is 19.7 Å². The van der Waals surface area contributed by atoms with Gasteiger partial charge in [0, 0.05) is 53.1 Å². The number of aromatic nitrogens is 1. The predicted molar refractivity (Wildman–Crippen MR) is 104 cm³/mol. The Bertz CT molecular complexity index is 1000. The van der Waals surface area contributed by atoms with Crippen molar-refractivity contribution in [1.29, 1.82) is 0 Å². The fourth-order valence-electron chi connectivity index (χ4n) is 3.55. The second kappa shape index (κ2) is 6.75. The molecule has 0 radical (unpaired) electrons. The van der Waals surface area contributed by atoms with Gasteiger partial charge in [-0.25, -0.2) is 0 Å². The number of pyridine rings is 1.